The van der Waals surface area contributed by atoms with Crippen molar-refractivity contribution in [3.05, 3.63) is 64.7 Å². The van der Waals surface area contributed by atoms with Crippen LogP contribution in [0.5, 0.6) is 0 Å². The third-order valence-corrected chi connectivity index (χ3v) is 3.01. The number of nitrogens with one attached hydrogen (secondary N) is 1. The summed E-state index contributed by atoms with van der Waals surface area (Å²) < 4.78 is 0. The minimum absolute atomic E-state index is 0.193. The summed E-state index contributed by atoms with van der Waals surface area (Å²) in [6.45, 7) is 1.70. The maximum absolute atomic E-state index is 11.9. The van der Waals surface area contributed by atoms with Gasteiger partial charge in [-0.15, -0.1) is 0 Å². The first-order chi connectivity index (χ1) is 9.06. The Hall–Kier alpha value is -1.84. The van der Waals surface area contributed by atoms with Crippen molar-refractivity contribution in [1.82, 2.24) is 0 Å². The molecule has 1 amide bonds. The van der Waals surface area contributed by atoms with Gasteiger partial charge in [0.25, 0.3) is 5.91 Å². The van der Waals surface area contributed by atoms with Crippen LogP contribution in [0.2, 0.25) is 5.02 Å². The first-order valence-corrected chi connectivity index (χ1v) is 6.29. The van der Waals surface area contributed by atoms with Crippen LogP contribution in [0.1, 0.15) is 28.9 Å². The fraction of sp³-hybridized carbons (Fsp3) is 0.133. The highest BCUT2D eigenvalue weighted by Gasteiger charge is 2.06. The maximum atomic E-state index is 11.9. The molecule has 0 aliphatic rings. The molecule has 0 aromatic heterocycles. The van der Waals surface area contributed by atoms with Crippen LogP contribution in [0, 0.1) is 0 Å². The van der Waals surface area contributed by atoms with Crippen LogP contribution in [0.15, 0.2) is 48.5 Å². The lowest BCUT2D eigenvalue weighted by Gasteiger charge is -2.08. The molecule has 0 heterocycles. The van der Waals surface area contributed by atoms with Crippen molar-refractivity contribution in [3.8, 4) is 0 Å². The summed E-state index contributed by atoms with van der Waals surface area (Å²) in [7, 11) is 0. The Morgan fingerprint density at radius 2 is 1.68 bits per heavy atom. The van der Waals surface area contributed by atoms with Gasteiger partial charge in [0.15, 0.2) is 0 Å². The quantitative estimate of drug-likeness (QED) is 0.898. The molecule has 0 aliphatic carbocycles. The van der Waals surface area contributed by atoms with Crippen LogP contribution in [0.4, 0.5) is 5.69 Å². The van der Waals surface area contributed by atoms with E-state index in [0.717, 1.165) is 5.56 Å². The second-order valence-corrected chi connectivity index (χ2v) is 4.70. The van der Waals surface area contributed by atoms with E-state index in [1.807, 2.05) is 0 Å². The SMILES string of the molecule is C[C@@H](O)c1ccc(NC(=O)c2ccc(Cl)cc2)cc1. The number of rotatable bonds is 3. The van der Waals surface area contributed by atoms with E-state index in [2.05, 4.69) is 5.32 Å². The lowest BCUT2D eigenvalue weighted by atomic mass is 10.1. The average Bonchev–Trinajstić information content (AvgIpc) is 2.40. The summed E-state index contributed by atoms with van der Waals surface area (Å²) >= 11 is 5.77. The van der Waals surface area contributed by atoms with Gasteiger partial charge in [0.05, 0.1) is 6.10 Å². The maximum Gasteiger partial charge on any atom is 0.255 e. The zero-order chi connectivity index (χ0) is 13.8. The number of carbonyl (C=O) groups is 1. The lowest BCUT2D eigenvalue weighted by Crippen LogP contribution is -2.11. The number of benzene rings is 2. The van der Waals surface area contributed by atoms with E-state index in [9.17, 15) is 9.90 Å². The molecule has 2 rings (SSSR count). The van der Waals surface area contributed by atoms with Crippen LogP contribution >= 0.6 is 11.6 Å². The van der Waals surface area contributed by atoms with E-state index in [-0.39, 0.29) is 5.91 Å². The van der Waals surface area contributed by atoms with Gasteiger partial charge in [0.2, 0.25) is 0 Å². The molecule has 0 saturated heterocycles. The summed E-state index contributed by atoms with van der Waals surface area (Å²) in [5.41, 5.74) is 2.04. The molecule has 4 heteroatoms. The van der Waals surface area contributed by atoms with Gasteiger partial charge in [-0.1, -0.05) is 23.7 Å². The number of aliphatic hydroxyl groups excluding tert-OH is 1. The van der Waals surface area contributed by atoms with Crippen LogP contribution in [0.25, 0.3) is 0 Å². The van der Waals surface area contributed by atoms with Crippen molar-refractivity contribution >= 4 is 23.2 Å². The van der Waals surface area contributed by atoms with E-state index in [1.54, 1.807) is 55.5 Å². The number of anilines is 1. The molecule has 0 fully saturated rings. The van der Waals surface area contributed by atoms with Gasteiger partial charge in [-0.25, -0.2) is 0 Å². The zero-order valence-corrected chi connectivity index (χ0v) is 11.2. The van der Waals surface area contributed by atoms with Crippen molar-refractivity contribution in [3.63, 3.8) is 0 Å². The number of hydrogen-bond donors (Lipinski definition) is 2. The third kappa shape index (κ3) is 3.56. The molecule has 2 N–H and O–H groups in total. The van der Waals surface area contributed by atoms with Crippen LogP contribution in [-0.4, -0.2) is 11.0 Å². The molecule has 0 unspecified atom stereocenters. The van der Waals surface area contributed by atoms with E-state index in [4.69, 9.17) is 11.6 Å². The van der Waals surface area contributed by atoms with Crippen molar-refractivity contribution < 1.29 is 9.90 Å². The predicted octanol–water partition coefficient (Wildman–Crippen LogP) is 3.65. The lowest BCUT2D eigenvalue weighted by molar-refractivity contribution is 0.102. The number of hydrogen-bond acceptors (Lipinski definition) is 2. The fourth-order valence-electron chi connectivity index (χ4n) is 1.65. The molecule has 0 bridgehead atoms. The van der Waals surface area contributed by atoms with Gasteiger partial charge < -0.3 is 10.4 Å². The molecule has 19 heavy (non-hydrogen) atoms. The smallest absolute Gasteiger partial charge is 0.255 e. The first-order valence-electron chi connectivity index (χ1n) is 5.91. The van der Waals surface area contributed by atoms with Gasteiger partial charge >= 0.3 is 0 Å². The standard InChI is InChI=1S/C15H14ClNO2/c1-10(18)11-4-8-14(9-5-11)17-15(19)12-2-6-13(16)7-3-12/h2-10,18H,1H3,(H,17,19)/t10-/m1/s1. The van der Waals surface area contributed by atoms with Gasteiger partial charge in [-0.05, 0) is 48.9 Å². The molecule has 0 aliphatic heterocycles. The minimum atomic E-state index is -0.513. The van der Waals surface area contributed by atoms with Crippen molar-refractivity contribution in [2.45, 2.75) is 13.0 Å². The average molecular weight is 276 g/mol. The zero-order valence-electron chi connectivity index (χ0n) is 10.4. The van der Waals surface area contributed by atoms with E-state index < -0.39 is 6.10 Å². The number of aliphatic hydroxyl groups is 1. The van der Waals surface area contributed by atoms with E-state index >= 15 is 0 Å². The molecule has 3 nitrogen and oxygen atoms in total. The number of carbonyl (C=O) groups excluding carboxylic acids is 1. The number of halogens is 1. The van der Waals surface area contributed by atoms with Gasteiger partial charge in [0, 0.05) is 16.3 Å². The monoisotopic (exact) mass is 275 g/mol. The summed E-state index contributed by atoms with van der Waals surface area (Å²) in [5, 5.41) is 12.8. The second kappa shape index (κ2) is 5.87. The summed E-state index contributed by atoms with van der Waals surface area (Å²) in [4.78, 5) is 11.9. The Labute approximate surface area is 116 Å². The second-order valence-electron chi connectivity index (χ2n) is 4.26. The molecule has 2 aromatic carbocycles. The van der Waals surface area contributed by atoms with Crippen LogP contribution in [-0.2, 0) is 0 Å². The summed E-state index contributed by atoms with van der Waals surface area (Å²) in [5.74, 6) is -0.193. The molecule has 1 atom stereocenters. The highest BCUT2D eigenvalue weighted by molar-refractivity contribution is 6.30. The van der Waals surface area contributed by atoms with E-state index in [1.165, 1.54) is 0 Å². The van der Waals surface area contributed by atoms with Crippen LogP contribution < -0.4 is 5.32 Å². The molecule has 98 valence electrons. The highest BCUT2D eigenvalue weighted by Crippen LogP contribution is 2.17. The Morgan fingerprint density at radius 1 is 1.11 bits per heavy atom. The fourth-order valence-corrected chi connectivity index (χ4v) is 1.78. The largest absolute Gasteiger partial charge is 0.389 e. The van der Waals surface area contributed by atoms with Gasteiger partial charge in [0.1, 0.15) is 0 Å². The van der Waals surface area contributed by atoms with Gasteiger partial charge in [-0.3, -0.25) is 4.79 Å². The Kier molecular flexibility index (Phi) is 4.20. The molecular weight excluding hydrogens is 262 g/mol. The molecule has 0 radical (unpaired) electrons. The van der Waals surface area contributed by atoms with Crippen molar-refractivity contribution in [2.24, 2.45) is 0 Å². The number of amides is 1. The molecular formula is C15H14ClNO2. The van der Waals surface area contributed by atoms with E-state index in [0.29, 0.717) is 16.3 Å². The third-order valence-electron chi connectivity index (χ3n) is 2.76. The summed E-state index contributed by atoms with van der Waals surface area (Å²) in [6, 6.07) is 13.8. The van der Waals surface area contributed by atoms with Gasteiger partial charge in [-0.2, -0.15) is 0 Å². The minimum Gasteiger partial charge on any atom is -0.389 e. The van der Waals surface area contributed by atoms with Crippen LogP contribution in [0.3, 0.4) is 0 Å². The van der Waals surface area contributed by atoms with Crippen molar-refractivity contribution in [2.75, 3.05) is 5.32 Å². The normalized spacial score (nSPS) is 11.9. The first kappa shape index (κ1) is 13.6. The molecule has 2 aromatic rings. The predicted molar refractivity (Wildman–Crippen MR) is 76.5 cm³/mol. The molecule has 0 saturated carbocycles. The highest BCUT2D eigenvalue weighted by atomic mass is 35.5. The molecule has 0 spiro atoms. The van der Waals surface area contributed by atoms with Crippen molar-refractivity contribution in [1.29, 1.82) is 0 Å². The Bertz CT molecular complexity index is 562. The topological polar surface area (TPSA) is 49.3 Å². The Morgan fingerprint density at radius 3 is 2.21 bits per heavy atom. The summed E-state index contributed by atoms with van der Waals surface area (Å²) in [6.07, 6.45) is -0.513. The Balaban J connectivity index is 2.08.